The Hall–Kier alpha value is -7.30. The fraction of sp³-hybridized carbons (Fsp3) is 0.0385. The molecule has 0 radical (unpaired) electrons. The van der Waals surface area contributed by atoms with Crippen molar-refractivity contribution in [1.82, 2.24) is 9.13 Å². The van der Waals surface area contributed by atoms with Gasteiger partial charge in [-0.2, -0.15) is 0 Å². The van der Waals surface area contributed by atoms with Gasteiger partial charge in [0.1, 0.15) is 0 Å². The van der Waals surface area contributed by atoms with E-state index in [1.165, 1.54) is 65.2 Å². The first kappa shape index (κ1) is 32.2. The summed E-state index contributed by atoms with van der Waals surface area (Å²) in [6, 6.07) is 58.6. The lowest BCUT2D eigenvalue weighted by molar-refractivity contribution is 1.03. The average Bonchev–Trinajstić information content (AvgIpc) is 3.81. The molecule has 0 saturated carbocycles. The van der Waals surface area contributed by atoms with Crippen LogP contribution in [0, 0.1) is 5.41 Å². The number of benzene rings is 8. The Kier molecular flexibility index (Phi) is 7.42. The van der Waals surface area contributed by atoms with Gasteiger partial charge in [0.15, 0.2) is 0 Å². The number of nitrogens with one attached hydrogen (secondary N) is 1. The van der Waals surface area contributed by atoms with Crippen LogP contribution in [0.5, 0.6) is 0 Å². The van der Waals surface area contributed by atoms with E-state index in [9.17, 15) is 0 Å². The third-order valence-corrected chi connectivity index (χ3v) is 11.4. The van der Waals surface area contributed by atoms with Gasteiger partial charge >= 0.3 is 0 Å². The van der Waals surface area contributed by atoms with E-state index in [4.69, 9.17) is 10.4 Å². The number of aliphatic imine (C=N–C) groups is 1. The second kappa shape index (κ2) is 12.9. The van der Waals surface area contributed by atoms with Gasteiger partial charge in [-0.1, -0.05) is 140 Å². The smallest absolute Gasteiger partial charge is 0.0795 e. The van der Waals surface area contributed by atoms with Crippen LogP contribution in [0.15, 0.2) is 193 Å². The van der Waals surface area contributed by atoms with Gasteiger partial charge in [0, 0.05) is 44.7 Å². The Labute approximate surface area is 324 Å². The van der Waals surface area contributed by atoms with Crippen molar-refractivity contribution in [3.05, 3.63) is 199 Å². The van der Waals surface area contributed by atoms with E-state index in [1.807, 2.05) is 30.5 Å². The minimum atomic E-state index is 0.509. The molecule has 4 heteroatoms. The lowest BCUT2D eigenvalue weighted by atomic mass is 9.96. The number of hydrogen-bond acceptors (Lipinski definition) is 2. The summed E-state index contributed by atoms with van der Waals surface area (Å²) in [7, 11) is 0. The average molecular weight is 717 g/mol. The minimum Gasteiger partial charge on any atom is -0.307 e. The van der Waals surface area contributed by atoms with Gasteiger partial charge in [0.25, 0.3) is 0 Å². The number of rotatable bonds is 6. The molecule has 264 valence electrons. The van der Waals surface area contributed by atoms with Gasteiger partial charge in [-0.25, -0.2) is 0 Å². The summed E-state index contributed by atoms with van der Waals surface area (Å²) < 4.78 is 4.94. The summed E-state index contributed by atoms with van der Waals surface area (Å²) in [6.45, 7) is 0. The zero-order chi connectivity index (χ0) is 37.2. The summed E-state index contributed by atoms with van der Waals surface area (Å²) in [4.78, 5) is 4.94. The molecule has 0 aliphatic heterocycles. The zero-order valence-corrected chi connectivity index (χ0v) is 30.7. The molecule has 0 amide bonds. The topological polar surface area (TPSA) is 46.1 Å². The molecule has 0 bridgehead atoms. The highest BCUT2D eigenvalue weighted by Gasteiger charge is 2.25. The predicted molar refractivity (Wildman–Crippen MR) is 237 cm³/mol. The molecule has 0 unspecified atom stereocenters. The van der Waals surface area contributed by atoms with E-state index in [2.05, 4.69) is 167 Å². The molecule has 8 aromatic carbocycles. The number of hydrogen-bond donors (Lipinski definition) is 1. The van der Waals surface area contributed by atoms with Crippen LogP contribution < -0.4 is 0 Å². The first-order valence-corrected chi connectivity index (χ1v) is 19.3. The standard InChI is InChI=1S/C52H36N4/c53-50(36-16-3-1-4-17-36)42-23-11-13-25-44(42)54-33-34-27-30-38(31-28-34)56-46-32-29-35-15-7-8-20-39(35)48(46)49-41-22-10-9-21-40(41)47-43-24-12-14-26-45(43)55(51(47)52(49)56)37-18-5-2-6-19-37/h2-3,5-33,53H,1,4H2. The second-order valence-electron chi connectivity index (χ2n) is 14.6. The van der Waals surface area contributed by atoms with Gasteiger partial charge in [-0.05, 0) is 88.0 Å². The van der Waals surface area contributed by atoms with Crippen molar-refractivity contribution in [2.75, 3.05) is 0 Å². The number of aromatic nitrogens is 2. The molecule has 1 aliphatic carbocycles. The molecule has 0 spiro atoms. The third kappa shape index (κ3) is 4.93. The molecule has 2 aromatic heterocycles. The monoisotopic (exact) mass is 716 g/mol. The van der Waals surface area contributed by atoms with Crippen molar-refractivity contribution < 1.29 is 0 Å². The van der Waals surface area contributed by atoms with E-state index in [0.29, 0.717) is 5.71 Å². The van der Waals surface area contributed by atoms with E-state index in [0.717, 1.165) is 46.6 Å². The Balaban J connectivity index is 1.18. The van der Waals surface area contributed by atoms with Crippen LogP contribution in [0.1, 0.15) is 24.0 Å². The first-order chi connectivity index (χ1) is 27.7. The van der Waals surface area contributed by atoms with Crippen molar-refractivity contribution in [3.8, 4) is 11.4 Å². The number of allylic oxidation sites excluding steroid dienone is 4. The highest BCUT2D eigenvalue weighted by atomic mass is 15.0. The van der Waals surface area contributed by atoms with Gasteiger partial charge in [-0.15, -0.1) is 0 Å². The lowest BCUT2D eigenvalue weighted by Crippen LogP contribution is -2.03. The summed E-state index contributed by atoms with van der Waals surface area (Å²) in [5.74, 6) is 0. The van der Waals surface area contributed by atoms with Crippen molar-refractivity contribution in [1.29, 1.82) is 5.41 Å². The molecule has 2 heterocycles. The van der Waals surface area contributed by atoms with Gasteiger partial charge in [0.2, 0.25) is 0 Å². The zero-order valence-electron chi connectivity index (χ0n) is 30.7. The molecule has 11 rings (SSSR count). The van der Waals surface area contributed by atoms with Gasteiger partial charge in [0.05, 0.1) is 33.5 Å². The van der Waals surface area contributed by atoms with Crippen LogP contribution in [0.4, 0.5) is 5.69 Å². The summed E-state index contributed by atoms with van der Waals surface area (Å²) in [6.07, 6.45) is 10.2. The van der Waals surface area contributed by atoms with Crippen LogP contribution in [-0.4, -0.2) is 21.1 Å². The molecular weight excluding hydrogens is 681 g/mol. The molecule has 1 aliphatic rings. The van der Waals surface area contributed by atoms with Gasteiger partial charge < -0.3 is 9.13 Å². The third-order valence-electron chi connectivity index (χ3n) is 11.4. The predicted octanol–water partition coefficient (Wildman–Crippen LogP) is 13.6. The Bertz CT molecular complexity index is 3300. The largest absolute Gasteiger partial charge is 0.307 e. The maximum atomic E-state index is 8.95. The summed E-state index contributed by atoms with van der Waals surface area (Å²) >= 11 is 0. The number of fused-ring (bicyclic) bond motifs is 12. The lowest BCUT2D eigenvalue weighted by Gasteiger charge is -2.14. The van der Waals surface area contributed by atoms with Crippen molar-refractivity contribution in [2.24, 2.45) is 4.99 Å². The van der Waals surface area contributed by atoms with E-state index < -0.39 is 0 Å². The van der Waals surface area contributed by atoms with E-state index in [1.54, 1.807) is 0 Å². The van der Waals surface area contributed by atoms with Crippen molar-refractivity contribution in [3.63, 3.8) is 0 Å². The van der Waals surface area contributed by atoms with Crippen LogP contribution in [0.2, 0.25) is 0 Å². The molecule has 56 heavy (non-hydrogen) atoms. The normalized spacial score (nSPS) is 13.2. The van der Waals surface area contributed by atoms with Crippen LogP contribution in [0.25, 0.3) is 76.5 Å². The Morgan fingerprint density at radius 3 is 1.96 bits per heavy atom. The summed E-state index contributed by atoms with van der Waals surface area (Å²) in [5, 5.41) is 18.9. The van der Waals surface area contributed by atoms with Gasteiger partial charge in [-0.3, -0.25) is 10.4 Å². The fourth-order valence-corrected chi connectivity index (χ4v) is 8.92. The second-order valence-corrected chi connectivity index (χ2v) is 14.6. The number of para-hydroxylation sites is 3. The van der Waals surface area contributed by atoms with E-state index >= 15 is 0 Å². The Morgan fingerprint density at radius 1 is 0.518 bits per heavy atom. The maximum Gasteiger partial charge on any atom is 0.0795 e. The molecule has 4 nitrogen and oxygen atoms in total. The molecule has 10 aromatic rings. The molecule has 1 N–H and O–H groups in total. The minimum absolute atomic E-state index is 0.509. The Morgan fingerprint density at radius 2 is 1.16 bits per heavy atom. The van der Waals surface area contributed by atoms with Crippen LogP contribution >= 0.6 is 0 Å². The number of nitrogens with zero attached hydrogens (tertiary/aromatic N) is 3. The fourth-order valence-electron chi connectivity index (χ4n) is 8.92. The first-order valence-electron chi connectivity index (χ1n) is 19.3. The highest BCUT2D eigenvalue weighted by molar-refractivity contribution is 6.39. The van der Waals surface area contributed by atoms with Crippen LogP contribution in [-0.2, 0) is 0 Å². The maximum absolute atomic E-state index is 8.95. The van der Waals surface area contributed by atoms with Crippen LogP contribution in [0.3, 0.4) is 0 Å². The van der Waals surface area contributed by atoms with Crippen molar-refractivity contribution >= 4 is 82.8 Å². The molecule has 0 fully saturated rings. The molecule has 0 saturated heterocycles. The highest BCUT2D eigenvalue weighted by Crippen LogP contribution is 2.48. The quantitative estimate of drug-likeness (QED) is 0.167. The van der Waals surface area contributed by atoms with E-state index in [-0.39, 0.29) is 0 Å². The SMILES string of the molecule is N=C(C1=CCCC=C1)c1ccccc1N=Cc1ccc(-n2c3ccc4ccccc4c3c3c4ccccc4c4c5ccccc5n(-c5ccccc5)c4c32)cc1. The molecular formula is C52H36N4. The summed E-state index contributed by atoms with van der Waals surface area (Å²) in [5.41, 5.74) is 11.0. The van der Waals surface area contributed by atoms with Crippen molar-refractivity contribution in [2.45, 2.75) is 12.8 Å². The molecule has 0 atom stereocenters.